The molecule has 0 heterocycles. The van der Waals surface area contributed by atoms with Crippen LogP contribution in [0.2, 0.25) is 0 Å². The van der Waals surface area contributed by atoms with Crippen molar-refractivity contribution in [1.29, 1.82) is 0 Å². The van der Waals surface area contributed by atoms with Gasteiger partial charge in [0, 0.05) is 31.0 Å². The van der Waals surface area contributed by atoms with Gasteiger partial charge in [-0.25, -0.2) is 0 Å². The Labute approximate surface area is 106 Å². The number of hydrogen-bond donors (Lipinski definition) is 2. The van der Waals surface area contributed by atoms with Gasteiger partial charge in [0.05, 0.1) is 18.1 Å². The normalized spacial score (nSPS) is 10.3. The maximum Gasteiger partial charge on any atom is 0.271 e. The second kappa shape index (κ2) is 7.62. The Morgan fingerprint density at radius 3 is 2.89 bits per heavy atom. The number of nitrogens with one attached hydrogen (secondary N) is 1. The fraction of sp³-hybridized carbons (Fsp3) is 0.500. The van der Waals surface area contributed by atoms with Crippen LogP contribution in [0.3, 0.4) is 0 Å². The van der Waals surface area contributed by atoms with E-state index < -0.39 is 4.92 Å². The topological polar surface area (TPSA) is 84.6 Å². The molecule has 1 rings (SSSR count). The summed E-state index contributed by atoms with van der Waals surface area (Å²) in [5.74, 6) is 0. The lowest BCUT2D eigenvalue weighted by molar-refractivity contribution is -0.384. The third-order valence-electron chi connectivity index (χ3n) is 2.45. The summed E-state index contributed by atoms with van der Waals surface area (Å²) in [5.41, 5.74) is 1.82. The van der Waals surface area contributed by atoms with Crippen LogP contribution in [0.4, 0.5) is 11.4 Å². The summed E-state index contributed by atoms with van der Waals surface area (Å²) in [6, 6.07) is 4.75. The van der Waals surface area contributed by atoms with Crippen LogP contribution >= 0.6 is 0 Å². The average molecular weight is 254 g/mol. The zero-order valence-corrected chi connectivity index (χ0v) is 10.4. The largest absolute Gasteiger partial charge is 0.394 e. The molecular formula is C12H18N2O4. The summed E-state index contributed by atoms with van der Waals surface area (Å²) >= 11 is 0. The third kappa shape index (κ3) is 4.68. The van der Waals surface area contributed by atoms with Crippen LogP contribution in [-0.4, -0.2) is 36.4 Å². The number of anilines is 1. The predicted octanol–water partition coefficient (Wildman–Crippen LogP) is 1.71. The van der Waals surface area contributed by atoms with Gasteiger partial charge in [0.25, 0.3) is 5.69 Å². The SMILES string of the molecule is Cc1ccc([N+](=O)[O-])cc1NCCCOCCO. The molecule has 6 heteroatoms. The second-order valence-corrected chi connectivity index (χ2v) is 3.87. The Morgan fingerprint density at radius 1 is 1.44 bits per heavy atom. The highest BCUT2D eigenvalue weighted by Gasteiger charge is 2.07. The van der Waals surface area contributed by atoms with Gasteiger partial charge in [0.2, 0.25) is 0 Å². The molecular weight excluding hydrogens is 236 g/mol. The molecule has 0 fully saturated rings. The van der Waals surface area contributed by atoms with Crippen molar-refractivity contribution in [3.8, 4) is 0 Å². The van der Waals surface area contributed by atoms with E-state index in [1.165, 1.54) is 12.1 Å². The van der Waals surface area contributed by atoms with E-state index in [-0.39, 0.29) is 12.3 Å². The van der Waals surface area contributed by atoms with E-state index in [1.807, 2.05) is 6.92 Å². The summed E-state index contributed by atoms with van der Waals surface area (Å²) in [6.45, 7) is 3.50. The number of benzene rings is 1. The molecule has 2 N–H and O–H groups in total. The van der Waals surface area contributed by atoms with E-state index >= 15 is 0 Å². The maximum atomic E-state index is 10.6. The fourth-order valence-electron chi connectivity index (χ4n) is 1.48. The standard InChI is InChI=1S/C12H18N2O4/c1-10-3-4-11(14(16)17)9-12(10)13-5-2-7-18-8-6-15/h3-4,9,13,15H,2,5-8H2,1H3. The van der Waals surface area contributed by atoms with Crippen LogP contribution in [0.1, 0.15) is 12.0 Å². The van der Waals surface area contributed by atoms with Crippen LogP contribution in [0.5, 0.6) is 0 Å². The van der Waals surface area contributed by atoms with Gasteiger partial charge < -0.3 is 15.2 Å². The Morgan fingerprint density at radius 2 is 2.22 bits per heavy atom. The molecule has 0 aliphatic heterocycles. The molecule has 0 aromatic heterocycles. The number of rotatable bonds is 8. The molecule has 0 atom stereocenters. The molecule has 100 valence electrons. The minimum atomic E-state index is -0.408. The first kappa shape index (κ1) is 14.4. The lowest BCUT2D eigenvalue weighted by atomic mass is 10.2. The minimum Gasteiger partial charge on any atom is -0.394 e. The second-order valence-electron chi connectivity index (χ2n) is 3.87. The van der Waals surface area contributed by atoms with Gasteiger partial charge in [-0.05, 0) is 18.9 Å². The molecule has 1 aromatic carbocycles. The van der Waals surface area contributed by atoms with E-state index in [1.54, 1.807) is 6.07 Å². The minimum absolute atomic E-state index is 0.0252. The molecule has 0 amide bonds. The van der Waals surface area contributed by atoms with Crippen LogP contribution in [-0.2, 0) is 4.74 Å². The number of nitro groups is 1. The van der Waals surface area contributed by atoms with E-state index in [0.717, 1.165) is 17.7 Å². The zero-order chi connectivity index (χ0) is 13.4. The number of aryl methyl sites for hydroxylation is 1. The van der Waals surface area contributed by atoms with Crippen LogP contribution < -0.4 is 5.32 Å². The van der Waals surface area contributed by atoms with Gasteiger partial charge in [-0.1, -0.05) is 6.07 Å². The van der Waals surface area contributed by atoms with Crippen molar-refractivity contribution in [3.05, 3.63) is 33.9 Å². The van der Waals surface area contributed by atoms with Crippen molar-refractivity contribution in [3.63, 3.8) is 0 Å². The summed E-state index contributed by atoms with van der Waals surface area (Å²) in [7, 11) is 0. The van der Waals surface area contributed by atoms with Gasteiger partial charge in [0.1, 0.15) is 0 Å². The lowest BCUT2D eigenvalue weighted by Crippen LogP contribution is -2.08. The highest BCUT2D eigenvalue weighted by molar-refractivity contribution is 5.56. The van der Waals surface area contributed by atoms with Crippen molar-refractivity contribution < 1.29 is 14.8 Å². The van der Waals surface area contributed by atoms with Crippen molar-refractivity contribution in [2.24, 2.45) is 0 Å². The molecule has 6 nitrogen and oxygen atoms in total. The maximum absolute atomic E-state index is 10.6. The molecule has 0 spiro atoms. The Hall–Kier alpha value is -1.66. The Kier molecular flexibility index (Phi) is 6.10. The first-order valence-corrected chi connectivity index (χ1v) is 5.82. The average Bonchev–Trinajstić information content (AvgIpc) is 2.35. The van der Waals surface area contributed by atoms with E-state index in [2.05, 4.69) is 5.32 Å². The third-order valence-corrected chi connectivity index (χ3v) is 2.45. The molecule has 0 saturated heterocycles. The lowest BCUT2D eigenvalue weighted by Gasteiger charge is -2.09. The number of hydrogen-bond acceptors (Lipinski definition) is 5. The summed E-state index contributed by atoms with van der Waals surface area (Å²) in [4.78, 5) is 10.2. The Bertz CT molecular complexity index is 396. The smallest absolute Gasteiger partial charge is 0.271 e. The van der Waals surface area contributed by atoms with Crippen LogP contribution in [0.15, 0.2) is 18.2 Å². The molecule has 1 aromatic rings. The highest BCUT2D eigenvalue weighted by Crippen LogP contribution is 2.21. The van der Waals surface area contributed by atoms with Crippen molar-refractivity contribution in [2.75, 3.05) is 31.7 Å². The zero-order valence-electron chi connectivity index (χ0n) is 10.4. The number of nitrogens with zero attached hydrogens (tertiary/aromatic N) is 1. The highest BCUT2D eigenvalue weighted by atomic mass is 16.6. The molecule has 0 unspecified atom stereocenters. The molecule has 0 aliphatic rings. The molecule has 0 bridgehead atoms. The van der Waals surface area contributed by atoms with Crippen LogP contribution in [0.25, 0.3) is 0 Å². The fourth-order valence-corrected chi connectivity index (χ4v) is 1.48. The molecule has 0 aliphatic carbocycles. The van der Waals surface area contributed by atoms with E-state index in [4.69, 9.17) is 9.84 Å². The molecule has 18 heavy (non-hydrogen) atoms. The summed E-state index contributed by atoms with van der Waals surface area (Å²) in [5, 5.41) is 22.3. The van der Waals surface area contributed by atoms with Gasteiger partial charge in [-0.2, -0.15) is 0 Å². The monoisotopic (exact) mass is 254 g/mol. The van der Waals surface area contributed by atoms with Gasteiger partial charge in [-0.15, -0.1) is 0 Å². The van der Waals surface area contributed by atoms with Gasteiger partial charge in [-0.3, -0.25) is 10.1 Å². The van der Waals surface area contributed by atoms with Crippen molar-refractivity contribution in [2.45, 2.75) is 13.3 Å². The van der Waals surface area contributed by atoms with Gasteiger partial charge in [0.15, 0.2) is 0 Å². The first-order valence-electron chi connectivity index (χ1n) is 5.82. The number of aliphatic hydroxyl groups excluding tert-OH is 1. The van der Waals surface area contributed by atoms with Crippen LogP contribution in [0, 0.1) is 17.0 Å². The quantitative estimate of drug-likeness (QED) is 0.419. The first-order chi connectivity index (χ1) is 8.65. The van der Waals surface area contributed by atoms with Gasteiger partial charge >= 0.3 is 0 Å². The number of aliphatic hydroxyl groups is 1. The molecule has 0 radical (unpaired) electrons. The Balaban J connectivity index is 2.41. The van der Waals surface area contributed by atoms with Crippen molar-refractivity contribution in [1.82, 2.24) is 0 Å². The number of non-ortho nitro benzene ring substituents is 1. The molecule has 0 saturated carbocycles. The summed E-state index contributed by atoms with van der Waals surface area (Å²) < 4.78 is 5.11. The summed E-state index contributed by atoms with van der Waals surface area (Å²) in [6.07, 6.45) is 0.780. The predicted molar refractivity (Wildman–Crippen MR) is 68.8 cm³/mol. The van der Waals surface area contributed by atoms with E-state index in [0.29, 0.717) is 19.8 Å². The number of ether oxygens (including phenoxy) is 1. The number of nitro benzene ring substituents is 1. The van der Waals surface area contributed by atoms with E-state index in [9.17, 15) is 10.1 Å². The van der Waals surface area contributed by atoms with Crippen molar-refractivity contribution >= 4 is 11.4 Å².